The molecule has 0 atom stereocenters. The van der Waals surface area contributed by atoms with Crippen LogP contribution in [0.3, 0.4) is 0 Å². The molecule has 1 amide bonds. The van der Waals surface area contributed by atoms with E-state index in [2.05, 4.69) is 15.3 Å². The number of H-pyrrole nitrogens is 1. The monoisotopic (exact) mass is 440 g/mol. The minimum atomic E-state index is -0.506. The molecule has 0 bridgehead atoms. The van der Waals surface area contributed by atoms with Crippen LogP contribution in [0.5, 0.6) is 0 Å². The maximum atomic E-state index is 14.3. The molecule has 2 aromatic carbocycles. The summed E-state index contributed by atoms with van der Waals surface area (Å²) in [6, 6.07) is 19.3. The molecule has 0 saturated heterocycles. The zero-order valence-electron chi connectivity index (χ0n) is 17.7. The molecular formula is C26H21FN4O2. The van der Waals surface area contributed by atoms with Crippen molar-refractivity contribution in [2.45, 2.75) is 13.0 Å². The number of rotatable bonds is 6. The standard InChI is InChI=1S/C26H21FN4O2/c27-22-9-3-1-6-19(22)16-31-24-17(7-5-12-28-24)14-21(26(31)33)25(32)29-13-11-18-15-30-23-10-4-2-8-20(18)23/h1-10,12,14-15,30H,11,13,16H2,(H,29,32). The predicted molar refractivity (Wildman–Crippen MR) is 126 cm³/mol. The highest BCUT2D eigenvalue weighted by molar-refractivity contribution is 5.97. The molecule has 0 aliphatic heterocycles. The fraction of sp³-hybridized carbons (Fsp3) is 0.115. The van der Waals surface area contributed by atoms with Gasteiger partial charge in [-0.1, -0.05) is 36.4 Å². The summed E-state index contributed by atoms with van der Waals surface area (Å²) >= 11 is 0. The Morgan fingerprint density at radius 1 is 1.03 bits per heavy atom. The van der Waals surface area contributed by atoms with Gasteiger partial charge in [0.25, 0.3) is 11.5 Å². The largest absolute Gasteiger partial charge is 0.361 e. The number of nitrogens with one attached hydrogen (secondary N) is 2. The van der Waals surface area contributed by atoms with Gasteiger partial charge in [0.05, 0.1) is 6.54 Å². The lowest BCUT2D eigenvalue weighted by molar-refractivity contribution is 0.0952. The van der Waals surface area contributed by atoms with E-state index in [0.29, 0.717) is 29.6 Å². The number of carbonyl (C=O) groups is 1. The van der Waals surface area contributed by atoms with Gasteiger partial charge in [0, 0.05) is 40.8 Å². The maximum Gasteiger partial charge on any atom is 0.265 e. The molecule has 0 radical (unpaired) electrons. The summed E-state index contributed by atoms with van der Waals surface area (Å²) in [5.41, 5.74) is 2.38. The molecule has 7 heteroatoms. The van der Waals surface area contributed by atoms with Gasteiger partial charge in [-0.25, -0.2) is 9.37 Å². The van der Waals surface area contributed by atoms with Crippen molar-refractivity contribution in [2.75, 3.05) is 6.54 Å². The second-order valence-corrected chi connectivity index (χ2v) is 7.82. The number of halogens is 1. The number of aromatic amines is 1. The third-order valence-corrected chi connectivity index (χ3v) is 5.73. The zero-order chi connectivity index (χ0) is 22.8. The van der Waals surface area contributed by atoms with Crippen molar-refractivity contribution in [3.63, 3.8) is 0 Å². The Kier molecular flexibility index (Phi) is 5.44. The zero-order valence-corrected chi connectivity index (χ0v) is 17.7. The Morgan fingerprint density at radius 2 is 1.85 bits per heavy atom. The van der Waals surface area contributed by atoms with Gasteiger partial charge in [-0.15, -0.1) is 0 Å². The van der Waals surface area contributed by atoms with Crippen molar-refractivity contribution in [1.82, 2.24) is 19.9 Å². The molecule has 0 fully saturated rings. The van der Waals surface area contributed by atoms with E-state index in [4.69, 9.17) is 0 Å². The van der Waals surface area contributed by atoms with Gasteiger partial charge in [0.1, 0.15) is 17.0 Å². The number of nitrogens with zero attached hydrogens (tertiary/aromatic N) is 2. The molecule has 5 rings (SSSR count). The van der Waals surface area contributed by atoms with Crippen LogP contribution in [-0.2, 0) is 13.0 Å². The molecule has 5 aromatic rings. The summed E-state index contributed by atoms with van der Waals surface area (Å²) in [4.78, 5) is 33.7. The van der Waals surface area contributed by atoms with Crippen LogP contribution in [0.15, 0.2) is 83.9 Å². The van der Waals surface area contributed by atoms with E-state index in [1.807, 2.05) is 30.5 Å². The highest BCUT2D eigenvalue weighted by Gasteiger charge is 2.17. The van der Waals surface area contributed by atoms with Crippen molar-refractivity contribution in [1.29, 1.82) is 0 Å². The topological polar surface area (TPSA) is 79.8 Å². The third kappa shape index (κ3) is 4.01. The Morgan fingerprint density at radius 3 is 2.73 bits per heavy atom. The number of para-hydroxylation sites is 1. The molecule has 2 N–H and O–H groups in total. The lowest BCUT2D eigenvalue weighted by Crippen LogP contribution is -2.34. The molecule has 0 aliphatic carbocycles. The lowest BCUT2D eigenvalue weighted by atomic mass is 10.1. The molecule has 6 nitrogen and oxygen atoms in total. The van der Waals surface area contributed by atoms with Crippen LogP contribution < -0.4 is 10.9 Å². The third-order valence-electron chi connectivity index (χ3n) is 5.73. The van der Waals surface area contributed by atoms with Crippen LogP contribution >= 0.6 is 0 Å². The van der Waals surface area contributed by atoms with Crippen molar-refractivity contribution < 1.29 is 9.18 Å². The van der Waals surface area contributed by atoms with Crippen LogP contribution in [0.25, 0.3) is 21.9 Å². The first-order chi connectivity index (χ1) is 16.1. The van der Waals surface area contributed by atoms with E-state index in [0.717, 1.165) is 16.5 Å². The summed E-state index contributed by atoms with van der Waals surface area (Å²) in [5, 5.41) is 4.59. The molecule has 164 valence electrons. The average Bonchev–Trinajstić information content (AvgIpc) is 3.25. The van der Waals surface area contributed by atoms with Gasteiger partial charge in [0.2, 0.25) is 0 Å². The number of hydrogen-bond donors (Lipinski definition) is 2. The van der Waals surface area contributed by atoms with Crippen molar-refractivity contribution in [3.8, 4) is 0 Å². The van der Waals surface area contributed by atoms with E-state index in [1.165, 1.54) is 10.6 Å². The Hall–Kier alpha value is -4.26. The number of amides is 1. The van der Waals surface area contributed by atoms with E-state index < -0.39 is 17.3 Å². The van der Waals surface area contributed by atoms with Crippen molar-refractivity contribution in [3.05, 3.63) is 112 Å². The normalized spacial score (nSPS) is 11.2. The van der Waals surface area contributed by atoms with Crippen LogP contribution in [0.1, 0.15) is 21.5 Å². The second-order valence-electron chi connectivity index (χ2n) is 7.82. The molecule has 0 unspecified atom stereocenters. The quantitative estimate of drug-likeness (QED) is 0.418. The first kappa shape index (κ1) is 20.6. The summed E-state index contributed by atoms with van der Waals surface area (Å²) in [6.07, 6.45) is 4.12. The Labute approximate surface area is 188 Å². The summed E-state index contributed by atoms with van der Waals surface area (Å²) in [5.74, 6) is -0.880. The summed E-state index contributed by atoms with van der Waals surface area (Å²) < 4.78 is 15.6. The first-order valence-electron chi connectivity index (χ1n) is 10.7. The number of benzene rings is 2. The fourth-order valence-electron chi connectivity index (χ4n) is 4.06. The van der Waals surface area contributed by atoms with Crippen molar-refractivity contribution >= 4 is 27.8 Å². The molecule has 0 saturated carbocycles. The molecule has 3 heterocycles. The maximum absolute atomic E-state index is 14.3. The van der Waals surface area contributed by atoms with Gasteiger partial charge >= 0.3 is 0 Å². The van der Waals surface area contributed by atoms with Crippen LogP contribution in [-0.4, -0.2) is 27.0 Å². The highest BCUT2D eigenvalue weighted by Crippen LogP contribution is 2.18. The van der Waals surface area contributed by atoms with E-state index >= 15 is 0 Å². The van der Waals surface area contributed by atoms with Crippen LogP contribution in [0.2, 0.25) is 0 Å². The number of hydrogen-bond acceptors (Lipinski definition) is 3. The van der Waals surface area contributed by atoms with Gasteiger partial charge < -0.3 is 10.3 Å². The van der Waals surface area contributed by atoms with E-state index in [1.54, 1.807) is 42.6 Å². The molecule has 0 spiro atoms. The summed E-state index contributed by atoms with van der Waals surface area (Å²) in [7, 11) is 0. The lowest BCUT2D eigenvalue weighted by Gasteiger charge is -2.13. The SMILES string of the molecule is O=C(NCCc1c[nH]c2ccccc12)c1cc2cccnc2n(Cc2ccccc2F)c1=O. The number of aromatic nitrogens is 3. The van der Waals surface area contributed by atoms with Crippen LogP contribution in [0.4, 0.5) is 4.39 Å². The van der Waals surface area contributed by atoms with Crippen molar-refractivity contribution in [2.24, 2.45) is 0 Å². The number of fused-ring (bicyclic) bond motifs is 2. The highest BCUT2D eigenvalue weighted by atomic mass is 19.1. The number of carbonyl (C=O) groups excluding carboxylic acids is 1. The Balaban J connectivity index is 1.42. The fourth-order valence-corrected chi connectivity index (χ4v) is 4.06. The molecule has 0 aliphatic rings. The summed E-state index contributed by atoms with van der Waals surface area (Å²) in [6.45, 7) is 0.355. The Bertz CT molecular complexity index is 1540. The second kappa shape index (κ2) is 8.70. The molecular weight excluding hydrogens is 419 g/mol. The average molecular weight is 440 g/mol. The van der Waals surface area contributed by atoms with Gasteiger partial charge in [-0.05, 0) is 42.3 Å². The van der Waals surface area contributed by atoms with Gasteiger partial charge in [-0.2, -0.15) is 0 Å². The smallest absolute Gasteiger partial charge is 0.265 e. The molecule has 33 heavy (non-hydrogen) atoms. The van der Waals surface area contributed by atoms with Gasteiger partial charge in [-0.3, -0.25) is 14.2 Å². The van der Waals surface area contributed by atoms with Crippen LogP contribution in [0, 0.1) is 5.82 Å². The predicted octanol–water partition coefficient (Wildman–Crippen LogP) is 4.04. The molecule has 3 aromatic heterocycles. The number of pyridine rings is 2. The first-order valence-corrected chi connectivity index (χ1v) is 10.7. The van der Waals surface area contributed by atoms with Gasteiger partial charge in [0.15, 0.2) is 0 Å². The van der Waals surface area contributed by atoms with E-state index in [-0.39, 0.29) is 12.1 Å². The minimum absolute atomic E-state index is 0.00534. The van der Waals surface area contributed by atoms with E-state index in [9.17, 15) is 14.0 Å². The minimum Gasteiger partial charge on any atom is -0.361 e.